The fraction of sp³-hybridized carbons (Fsp3) is 0.481. The van der Waals surface area contributed by atoms with Crippen molar-refractivity contribution in [2.24, 2.45) is 16.6 Å². The normalized spacial score (nSPS) is 27.4. The topological polar surface area (TPSA) is 114 Å². The van der Waals surface area contributed by atoms with Crippen molar-refractivity contribution < 1.29 is 22.3 Å². The first-order chi connectivity index (χ1) is 17.5. The Hall–Kier alpha value is -2.98. The van der Waals surface area contributed by atoms with Gasteiger partial charge in [0.15, 0.2) is 0 Å². The lowest BCUT2D eigenvalue weighted by Crippen LogP contribution is -2.65. The van der Waals surface area contributed by atoms with E-state index in [0.717, 1.165) is 22.7 Å². The van der Waals surface area contributed by atoms with E-state index in [1.54, 1.807) is 6.92 Å². The molecule has 2 aromatic carbocycles. The van der Waals surface area contributed by atoms with Gasteiger partial charge in [-0.3, -0.25) is 4.79 Å². The molecular weight excluding hydrogens is 495 g/mol. The van der Waals surface area contributed by atoms with E-state index in [1.807, 2.05) is 30.3 Å². The van der Waals surface area contributed by atoms with Crippen LogP contribution >= 0.6 is 0 Å². The number of benzene rings is 2. The van der Waals surface area contributed by atoms with Crippen molar-refractivity contribution in [2.45, 2.75) is 55.7 Å². The highest BCUT2D eigenvalue weighted by Gasteiger charge is 2.64. The largest absolute Gasteiger partial charge is 0.375 e. The Morgan fingerprint density at radius 1 is 1.24 bits per heavy atom. The molecule has 8 nitrogen and oxygen atoms in total. The van der Waals surface area contributed by atoms with E-state index in [-0.39, 0.29) is 24.0 Å². The van der Waals surface area contributed by atoms with Gasteiger partial charge in [-0.05, 0) is 55.9 Å². The number of methoxy groups -OCH3 is 1. The summed E-state index contributed by atoms with van der Waals surface area (Å²) in [5.41, 5.74) is 6.17. The van der Waals surface area contributed by atoms with Gasteiger partial charge in [0.25, 0.3) is 0 Å². The number of nitrogens with zero attached hydrogens (tertiary/aromatic N) is 2. The molecule has 10 heteroatoms. The highest BCUT2D eigenvalue weighted by atomic mass is 32.2. The van der Waals surface area contributed by atoms with Gasteiger partial charge in [0.2, 0.25) is 21.9 Å². The van der Waals surface area contributed by atoms with E-state index < -0.39 is 32.0 Å². The van der Waals surface area contributed by atoms with Crippen molar-refractivity contribution in [3.05, 3.63) is 65.5 Å². The summed E-state index contributed by atoms with van der Waals surface area (Å²) in [6, 6.07) is 14.1. The maximum atomic E-state index is 15.6. The number of anilines is 1. The van der Waals surface area contributed by atoms with Crippen molar-refractivity contribution in [1.29, 1.82) is 0 Å². The van der Waals surface area contributed by atoms with Gasteiger partial charge < -0.3 is 15.8 Å². The van der Waals surface area contributed by atoms with Crippen LogP contribution in [0.25, 0.3) is 0 Å². The van der Waals surface area contributed by atoms with Gasteiger partial charge >= 0.3 is 0 Å². The number of ether oxygens (including phenoxy) is 1. The van der Waals surface area contributed by atoms with Crippen LogP contribution < -0.4 is 11.1 Å². The summed E-state index contributed by atoms with van der Waals surface area (Å²) in [4.78, 5) is 16.8. The van der Waals surface area contributed by atoms with Crippen molar-refractivity contribution in [2.75, 3.05) is 26.1 Å². The van der Waals surface area contributed by atoms with E-state index in [4.69, 9.17) is 15.5 Å². The first-order valence-corrected chi connectivity index (χ1v) is 13.9. The average Bonchev–Trinajstić information content (AvgIpc) is 3.08. The second-order valence-corrected chi connectivity index (χ2v) is 12.5. The molecule has 2 aromatic rings. The molecule has 0 saturated heterocycles. The number of carbonyl (C=O) groups is 1. The molecule has 0 bridgehead atoms. The Kier molecular flexibility index (Phi) is 7.62. The Morgan fingerprint density at radius 2 is 1.97 bits per heavy atom. The number of hydrogen-bond acceptors (Lipinski definition) is 6. The third-order valence-corrected chi connectivity index (χ3v) is 10.5. The molecule has 3 unspecified atom stereocenters. The molecule has 37 heavy (non-hydrogen) atoms. The molecule has 1 aliphatic carbocycles. The van der Waals surface area contributed by atoms with Gasteiger partial charge in [-0.2, -0.15) is 0 Å². The molecule has 4 rings (SSSR count). The van der Waals surface area contributed by atoms with Crippen molar-refractivity contribution in [1.82, 2.24) is 4.31 Å². The SMILES string of the molecule is COCC(=O)Nc1ccc(F)c(C2(C)N=C(N)N(C)S(=O)(=O)C23CCCCC(Cc2ccccc2)C3)c1. The van der Waals surface area contributed by atoms with Crippen molar-refractivity contribution in [3.63, 3.8) is 0 Å². The number of rotatable bonds is 6. The monoisotopic (exact) mass is 530 g/mol. The second-order valence-electron chi connectivity index (χ2n) is 10.2. The van der Waals surface area contributed by atoms with Crippen LogP contribution in [-0.2, 0) is 31.5 Å². The van der Waals surface area contributed by atoms with Crippen molar-refractivity contribution >= 4 is 27.6 Å². The molecule has 1 saturated carbocycles. The molecule has 1 fully saturated rings. The molecule has 200 valence electrons. The lowest BCUT2D eigenvalue weighted by atomic mass is 9.72. The van der Waals surface area contributed by atoms with Crippen LogP contribution in [-0.4, -0.2) is 50.1 Å². The highest BCUT2D eigenvalue weighted by molar-refractivity contribution is 7.91. The molecule has 1 spiro atoms. The quantitative estimate of drug-likeness (QED) is 0.590. The predicted molar refractivity (Wildman–Crippen MR) is 142 cm³/mol. The number of aliphatic imine (C=N–C) groups is 1. The summed E-state index contributed by atoms with van der Waals surface area (Å²) < 4.78 is 48.6. The van der Waals surface area contributed by atoms with Gasteiger partial charge in [-0.25, -0.2) is 22.1 Å². The van der Waals surface area contributed by atoms with Gasteiger partial charge in [0, 0.05) is 25.4 Å². The minimum Gasteiger partial charge on any atom is -0.375 e. The smallest absolute Gasteiger partial charge is 0.250 e. The average molecular weight is 531 g/mol. The fourth-order valence-electron chi connectivity index (χ4n) is 5.96. The Bertz CT molecular complexity index is 1290. The zero-order valence-corrected chi connectivity index (χ0v) is 22.4. The standard InChI is InChI=1S/C27H35FN4O4S/c1-26(22-16-21(12-13-23(22)28)30-24(33)18-36-3)27(37(34,35)32(2)25(29)31-26)14-8-7-11-20(17-27)15-19-9-5-4-6-10-19/h4-6,9-10,12-13,16,20H,7-8,11,14-15,17-18H2,1-3H3,(H2,29,31)(H,30,33). The minimum absolute atomic E-state index is 0.0505. The summed E-state index contributed by atoms with van der Waals surface area (Å²) in [6.45, 7) is 1.49. The van der Waals surface area contributed by atoms with Crippen LogP contribution in [0.15, 0.2) is 53.5 Å². The summed E-state index contributed by atoms with van der Waals surface area (Å²) in [5, 5.41) is 2.68. The van der Waals surface area contributed by atoms with E-state index >= 15 is 4.39 Å². The van der Waals surface area contributed by atoms with Crippen LogP contribution in [0.1, 0.15) is 50.2 Å². The first-order valence-electron chi connectivity index (χ1n) is 12.5. The predicted octanol–water partition coefficient (Wildman–Crippen LogP) is 3.78. The maximum absolute atomic E-state index is 15.6. The van der Waals surface area contributed by atoms with Gasteiger partial charge in [0.1, 0.15) is 22.7 Å². The molecule has 3 N–H and O–H groups in total. The Balaban J connectivity index is 1.86. The summed E-state index contributed by atoms with van der Waals surface area (Å²) in [7, 11) is -1.23. The van der Waals surface area contributed by atoms with Gasteiger partial charge in [0.05, 0.1) is 0 Å². The minimum atomic E-state index is -4.04. The molecule has 1 amide bonds. The van der Waals surface area contributed by atoms with Crippen molar-refractivity contribution in [3.8, 4) is 0 Å². The number of halogens is 1. The van der Waals surface area contributed by atoms with E-state index in [9.17, 15) is 13.2 Å². The molecule has 0 aromatic heterocycles. The molecule has 2 aliphatic rings. The lowest BCUT2D eigenvalue weighted by Gasteiger charge is -2.51. The molecule has 1 heterocycles. The maximum Gasteiger partial charge on any atom is 0.250 e. The third kappa shape index (κ3) is 4.84. The van der Waals surface area contributed by atoms with Crippen LogP contribution in [0, 0.1) is 11.7 Å². The molecule has 1 aliphatic heterocycles. The molecule has 3 atom stereocenters. The first kappa shape index (κ1) is 27.1. The van der Waals surface area contributed by atoms with Crippen LogP contribution in [0.2, 0.25) is 0 Å². The summed E-state index contributed by atoms with van der Waals surface area (Å²) >= 11 is 0. The molecular formula is C27H35FN4O4S. The molecule has 0 radical (unpaired) electrons. The fourth-order valence-corrected chi connectivity index (χ4v) is 8.28. The summed E-state index contributed by atoms with van der Waals surface area (Å²) in [6.07, 6.45) is 3.73. The zero-order valence-electron chi connectivity index (χ0n) is 21.5. The van der Waals surface area contributed by atoms with Crippen LogP contribution in [0.5, 0.6) is 0 Å². The second kappa shape index (κ2) is 10.4. The Morgan fingerprint density at radius 3 is 2.68 bits per heavy atom. The number of amides is 1. The summed E-state index contributed by atoms with van der Waals surface area (Å²) in [5.74, 6) is -1.15. The van der Waals surface area contributed by atoms with Crippen LogP contribution in [0.3, 0.4) is 0 Å². The van der Waals surface area contributed by atoms with Gasteiger partial charge in [-0.1, -0.05) is 49.6 Å². The number of hydrogen-bond donors (Lipinski definition) is 2. The lowest BCUT2D eigenvalue weighted by molar-refractivity contribution is -0.119. The van der Waals surface area contributed by atoms with Gasteiger partial charge in [-0.15, -0.1) is 0 Å². The van der Waals surface area contributed by atoms with Crippen LogP contribution in [0.4, 0.5) is 10.1 Å². The number of carbonyl (C=O) groups excluding carboxylic acids is 1. The zero-order chi connectivity index (χ0) is 26.8. The van der Waals surface area contributed by atoms with E-state index in [1.165, 1.54) is 32.4 Å². The number of guanidine groups is 1. The number of nitrogens with two attached hydrogens (primary N) is 1. The van der Waals surface area contributed by atoms with E-state index in [2.05, 4.69) is 5.32 Å². The van der Waals surface area contributed by atoms with E-state index in [0.29, 0.717) is 31.4 Å². The Labute approximate surface area is 218 Å². The third-order valence-electron chi connectivity index (χ3n) is 7.88. The highest BCUT2D eigenvalue weighted by Crippen LogP contribution is 2.54. The number of sulfonamides is 1. The number of nitrogens with one attached hydrogen (secondary N) is 1.